The first-order chi connectivity index (χ1) is 8.33. The Kier molecular flexibility index (Phi) is 7.49. The van der Waals surface area contributed by atoms with Gasteiger partial charge in [0.1, 0.15) is 0 Å². The van der Waals surface area contributed by atoms with Crippen LogP contribution in [-0.2, 0) is 4.79 Å². The van der Waals surface area contributed by atoms with Gasteiger partial charge < -0.3 is 10.6 Å². The summed E-state index contributed by atoms with van der Waals surface area (Å²) in [7, 11) is 0. The van der Waals surface area contributed by atoms with E-state index in [1.807, 2.05) is 6.92 Å². The van der Waals surface area contributed by atoms with E-state index in [9.17, 15) is 4.79 Å². The molecular formula is C14H24N2O. The second-order valence-corrected chi connectivity index (χ2v) is 4.61. The predicted octanol–water partition coefficient (Wildman–Crippen LogP) is 1.83. The van der Waals surface area contributed by atoms with Gasteiger partial charge in [0.25, 0.3) is 0 Å². The van der Waals surface area contributed by atoms with Gasteiger partial charge in [-0.15, -0.1) is 11.8 Å². The molecule has 3 heteroatoms. The first-order valence-corrected chi connectivity index (χ1v) is 6.72. The first-order valence-electron chi connectivity index (χ1n) is 6.72. The smallest absolute Gasteiger partial charge is 0.234 e. The zero-order valence-corrected chi connectivity index (χ0v) is 10.8. The molecule has 0 atom stereocenters. The largest absolute Gasteiger partial charge is 0.352 e. The minimum absolute atomic E-state index is 0.126. The molecule has 3 nitrogen and oxygen atoms in total. The summed E-state index contributed by atoms with van der Waals surface area (Å²) in [5, 5.41) is 6.22. The normalized spacial score (nSPS) is 16.8. The van der Waals surface area contributed by atoms with E-state index in [1.165, 1.54) is 25.7 Å². The van der Waals surface area contributed by atoms with Crippen LogP contribution in [-0.4, -0.2) is 25.0 Å². The Morgan fingerprint density at radius 2 is 1.94 bits per heavy atom. The summed E-state index contributed by atoms with van der Waals surface area (Å²) >= 11 is 0. The lowest BCUT2D eigenvalue weighted by Gasteiger charge is -2.16. The average Bonchev–Trinajstić information content (AvgIpc) is 2.57. The van der Waals surface area contributed by atoms with Crippen molar-refractivity contribution < 1.29 is 4.79 Å². The number of carbonyl (C=O) groups is 1. The summed E-state index contributed by atoms with van der Waals surface area (Å²) in [6.45, 7) is 3.04. The Labute approximate surface area is 105 Å². The Hall–Kier alpha value is -1.01. The fraction of sp³-hybridized carbons (Fsp3) is 0.786. The Morgan fingerprint density at radius 1 is 1.24 bits per heavy atom. The van der Waals surface area contributed by atoms with Crippen molar-refractivity contribution >= 4 is 5.91 Å². The van der Waals surface area contributed by atoms with Crippen molar-refractivity contribution in [1.82, 2.24) is 10.6 Å². The number of amides is 1. The second kappa shape index (κ2) is 9.07. The van der Waals surface area contributed by atoms with Crippen LogP contribution in [0.3, 0.4) is 0 Å². The highest BCUT2D eigenvalue weighted by Gasteiger charge is 2.13. The second-order valence-electron chi connectivity index (χ2n) is 4.61. The molecule has 0 spiro atoms. The van der Waals surface area contributed by atoms with Crippen LogP contribution in [0, 0.1) is 11.8 Å². The van der Waals surface area contributed by atoms with Gasteiger partial charge in [-0.3, -0.25) is 4.79 Å². The fourth-order valence-corrected chi connectivity index (χ4v) is 2.18. The maximum Gasteiger partial charge on any atom is 0.234 e. The maximum absolute atomic E-state index is 11.6. The van der Waals surface area contributed by atoms with Crippen molar-refractivity contribution in [3.05, 3.63) is 0 Å². The summed E-state index contributed by atoms with van der Waals surface area (Å²) in [5.74, 6) is 5.93. The third-order valence-corrected chi connectivity index (χ3v) is 3.11. The van der Waals surface area contributed by atoms with Crippen LogP contribution in [0.5, 0.6) is 0 Å². The molecule has 17 heavy (non-hydrogen) atoms. The SMILES string of the molecule is CC#CCCNCC(=O)NC1CCCCCC1. The molecular weight excluding hydrogens is 212 g/mol. The minimum atomic E-state index is 0.126. The van der Waals surface area contributed by atoms with Gasteiger partial charge in [0.05, 0.1) is 6.54 Å². The monoisotopic (exact) mass is 236 g/mol. The van der Waals surface area contributed by atoms with Gasteiger partial charge in [0, 0.05) is 19.0 Å². The number of hydrogen-bond acceptors (Lipinski definition) is 2. The quantitative estimate of drug-likeness (QED) is 0.434. The van der Waals surface area contributed by atoms with Gasteiger partial charge in [-0.25, -0.2) is 0 Å². The molecule has 0 aromatic carbocycles. The van der Waals surface area contributed by atoms with Crippen LogP contribution in [0.1, 0.15) is 51.9 Å². The summed E-state index contributed by atoms with van der Waals surface area (Å²) in [6.07, 6.45) is 8.25. The van der Waals surface area contributed by atoms with E-state index < -0.39 is 0 Å². The van der Waals surface area contributed by atoms with E-state index in [-0.39, 0.29) is 5.91 Å². The van der Waals surface area contributed by atoms with Crippen molar-refractivity contribution in [2.75, 3.05) is 13.1 Å². The molecule has 0 saturated heterocycles. The lowest BCUT2D eigenvalue weighted by molar-refractivity contribution is -0.121. The molecule has 1 amide bonds. The van der Waals surface area contributed by atoms with Crippen LogP contribution in [0.25, 0.3) is 0 Å². The lowest BCUT2D eigenvalue weighted by Crippen LogP contribution is -2.40. The minimum Gasteiger partial charge on any atom is -0.352 e. The molecule has 0 aromatic heterocycles. The highest BCUT2D eigenvalue weighted by Crippen LogP contribution is 2.16. The third-order valence-electron chi connectivity index (χ3n) is 3.11. The lowest BCUT2D eigenvalue weighted by atomic mass is 10.1. The Bertz CT molecular complexity index is 270. The predicted molar refractivity (Wildman–Crippen MR) is 70.6 cm³/mol. The van der Waals surface area contributed by atoms with E-state index >= 15 is 0 Å². The molecule has 0 bridgehead atoms. The Morgan fingerprint density at radius 3 is 2.59 bits per heavy atom. The van der Waals surface area contributed by atoms with Crippen LogP contribution in [0.4, 0.5) is 0 Å². The number of hydrogen-bond donors (Lipinski definition) is 2. The molecule has 1 aliphatic carbocycles. The van der Waals surface area contributed by atoms with Crippen molar-refractivity contribution in [1.29, 1.82) is 0 Å². The first kappa shape index (κ1) is 14.1. The zero-order chi connectivity index (χ0) is 12.3. The van der Waals surface area contributed by atoms with Crippen molar-refractivity contribution in [2.24, 2.45) is 0 Å². The molecule has 96 valence electrons. The molecule has 1 saturated carbocycles. The molecule has 1 fully saturated rings. The summed E-state index contributed by atoms with van der Waals surface area (Å²) in [5.41, 5.74) is 0. The molecule has 0 radical (unpaired) electrons. The number of carbonyl (C=O) groups excluding carboxylic acids is 1. The average molecular weight is 236 g/mol. The standard InChI is InChI=1S/C14H24N2O/c1-2-3-8-11-15-12-14(17)16-13-9-6-4-5-7-10-13/h13,15H,4-12H2,1H3,(H,16,17). The summed E-state index contributed by atoms with van der Waals surface area (Å²) in [4.78, 5) is 11.6. The van der Waals surface area contributed by atoms with Crippen LogP contribution < -0.4 is 10.6 Å². The van der Waals surface area contributed by atoms with Gasteiger partial charge in [0.15, 0.2) is 0 Å². The highest BCUT2D eigenvalue weighted by atomic mass is 16.1. The summed E-state index contributed by atoms with van der Waals surface area (Å²) in [6, 6.07) is 0.405. The number of rotatable bonds is 5. The van der Waals surface area contributed by atoms with Gasteiger partial charge in [-0.1, -0.05) is 25.7 Å². The molecule has 2 N–H and O–H groups in total. The topological polar surface area (TPSA) is 41.1 Å². The van der Waals surface area contributed by atoms with E-state index in [1.54, 1.807) is 0 Å². The van der Waals surface area contributed by atoms with Gasteiger partial charge in [-0.05, 0) is 19.8 Å². The molecule has 0 unspecified atom stereocenters. The number of nitrogens with one attached hydrogen (secondary N) is 2. The van der Waals surface area contributed by atoms with Crippen molar-refractivity contribution in [2.45, 2.75) is 57.9 Å². The Balaban J connectivity index is 2.08. The van der Waals surface area contributed by atoms with Gasteiger partial charge >= 0.3 is 0 Å². The summed E-state index contributed by atoms with van der Waals surface area (Å²) < 4.78 is 0. The fourth-order valence-electron chi connectivity index (χ4n) is 2.18. The molecule has 1 rings (SSSR count). The van der Waals surface area contributed by atoms with E-state index in [4.69, 9.17) is 0 Å². The van der Waals surface area contributed by atoms with E-state index in [0.717, 1.165) is 25.8 Å². The van der Waals surface area contributed by atoms with Gasteiger partial charge in [-0.2, -0.15) is 0 Å². The molecule has 1 aliphatic rings. The zero-order valence-electron chi connectivity index (χ0n) is 10.8. The van der Waals surface area contributed by atoms with E-state index in [0.29, 0.717) is 12.6 Å². The van der Waals surface area contributed by atoms with Crippen LogP contribution in [0.2, 0.25) is 0 Å². The van der Waals surface area contributed by atoms with Crippen molar-refractivity contribution in [3.63, 3.8) is 0 Å². The van der Waals surface area contributed by atoms with Gasteiger partial charge in [0.2, 0.25) is 5.91 Å². The van der Waals surface area contributed by atoms with Crippen LogP contribution in [0.15, 0.2) is 0 Å². The molecule has 0 aliphatic heterocycles. The third kappa shape index (κ3) is 7.01. The van der Waals surface area contributed by atoms with Crippen LogP contribution >= 0.6 is 0 Å². The molecule has 0 heterocycles. The van der Waals surface area contributed by atoms with Crippen molar-refractivity contribution in [3.8, 4) is 11.8 Å². The van der Waals surface area contributed by atoms with E-state index in [2.05, 4.69) is 22.5 Å². The molecule has 0 aromatic rings. The highest BCUT2D eigenvalue weighted by molar-refractivity contribution is 5.78. The maximum atomic E-state index is 11.6.